The van der Waals surface area contributed by atoms with E-state index < -0.39 is 11.6 Å². The van der Waals surface area contributed by atoms with Crippen molar-refractivity contribution in [1.29, 1.82) is 0 Å². The van der Waals surface area contributed by atoms with E-state index in [9.17, 15) is 13.6 Å². The van der Waals surface area contributed by atoms with Gasteiger partial charge in [0.2, 0.25) is 0 Å². The Morgan fingerprint density at radius 2 is 2.20 bits per heavy atom. The summed E-state index contributed by atoms with van der Waals surface area (Å²) in [4.78, 5) is 15.5. The van der Waals surface area contributed by atoms with Crippen molar-refractivity contribution in [1.82, 2.24) is 19.7 Å². The summed E-state index contributed by atoms with van der Waals surface area (Å²) >= 11 is 0.896. The minimum atomic E-state index is -0.788. The molecule has 3 rings (SSSR count). The SMILES string of the molecule is CNc1nc(Sc2n[nH]c(=O)n2C2CC2)c(F)cc1F. The number of nitrogens with one attached hydrogen (secondary N) is 2. The lowest BCUT2D eigenvalue weighted by Crippen LogP contribution is -2.16. The van der Waals surface area contributed by atoms with E-state index in [-0.39, 0.29) is 22.6 Å². The molecule has 0 spiro atoms. The fourth-order valence-electron chi connectivity index (χ4n) is 1.80. The molecule has 2 N–H and O–H groups in total. The summed E-state index contributed by atoms with van der Waals surface area (Å²) in [6.45, 7) is 0. The highest BCUT2D eigenvalue weighted by molar-refractivity contribution is 7.99. The van der Waals surface area contributed by atoms with E-state index in [1.807, 2.05) is 0 Å². The minimum Gasteiger partial charge on any atom is -0.371 e. The molecule has 6 nitrogen and oxygen atoms in total. The molecule has 0 radical (unpaired) electrons. The molecule has 2 heterocycles. The first kappa shape index (κ1) is 13.1. The van der Waals surface area contributed by atoms with Gasteiger partial charge in [-0.05, 0) is 24.6 Å². The number of halogens is 2. The predicted molar refractivity (Wildman–Crippen MR) is 68.9 cm³/mol. The molecule has 106 valence electrons. The number of hydrogen-bond donors (Lipinski definition) is 2. The fraction of sp³-hybridized carbons (Fsp3) is 0.364. The standard InChI is InChI=1S/C11H11F2N5OS/c1-14-8-6(12)4-7(13)9(15-8)20-11-17-16-10(19)18(11)5-2-3-5/h4-5H,2-3H2,1H3,(H,14,15)(H,16,19). The minimum absolute atomic E-state index is 0.0309. The van der Waals surface area contributed by atoms with Crippen LogP contribution in [0.2, 0.25) is 0 Å². The molecule has 1 aliphatic carbocycles. The molecule has 0 aromatic carbocycles. The molecule has 1 aliphatic rings. The molecule has 2 aromatic heterocycles. The van der Waals surface area contributed by atoms with E-state index in [0.717, 1.165) is 30.7 Å². The number of aromatic amines is 1. The third kappa shape index (κ3) is 2.28. The van der Waals surface area contributed by atoms with Gasteiger partial charge in [-0.1, -0.05) is 0 Å². The molecular formula is C11H11F2N5OS. The maximum atomic E-state index is 13.7. The molecule has 1 fully saturated rings. The van der Waals surface area contributed by atoms with Gasteiger partial charge in [0, 0.05) is 19.2 Å². The zero-order valence-corrected chi connectivity index (χ0v) is 11.3. The van der Waals surface area contributed by atoms with Crippen molar-refractivity contribution in [3.05, 3.63) is 28.2 Å². The summed E-state index contributed by atoms with van der Waals surface area (Å²) in [5.41, 5.74) is -0.327. The lowest BCUT2D eigenvalue weighted by molar-refractivity contribution is 0.550. The third-order valence-electron chi connectivity index (χ3n) is 2.91. The van der Waals surface area contributed by atoms with Crippen molar-refractivity contribution >= 4 is 17.6 Å². The molecule has 2 aromatic rings. The van der Waals surface area contributed by atoms with Gasteiger partial charge in [-0.2, -0.15) is 0 Å². The maximum absolute atomic E-state index is 13.7. The lowest BCUT2D eigenvalue weighted by Gasteiger charge is -2.06. The Kier molecular flexibility index (Phi) is 3.20. The molecule has 0 saturated heterocycles. The van der Waals surface area contributed by atoms with Crippen LogP contribution >= 0.6 is 11.8 Å². The summed E-state index contributed by atoms with van der Waals surface area (Å²) in [5.74, 6) is -1.61. The molecule has 0 aliphatic heterocycles. The molecule has 1 saturated carbocycles. The zero-order chi connectivity index (χ0) is 14.3. The average molecular weight is 299 g/mol. The number of rotatable bonds is 4. The van der Waals surface area contributed by atoms with Crippen molar-refractivity contribution < 1.29 is 8.78 Å². The van der Waals surface area contributed by atoms with Crippen LogP contribution in [0.15, 0.2) is 21.0 Å². The largest absolute Gasteiger partial charge is 0.371 e. The Bertz CT molecular complexity index is 709. The summed E-state index contributed by atoms with van der Waals surface area (Å²) in [6, 6.07) is 0.865. The van der Waals surface area contributed by atoms with Crippen LogP contribution in [0.5, 0.6) is 0 Å². The van der Waals surface area contributed by atoms with Gasteiger partial charge in [-0.15, -0.1) is 5.10 Å². The van der Waals surface area contributed by atoms with Crippen LogP contribution in [0, 0.1) is 11.6 Å². The highest BCUT2D eigenvalue weighted by Crippen LogP contribution is 2.38. The molecule has 0 amide bonds. The van der Waals surface area contributed by atoms with Crippen LogP contribution in [0.1, 0.15) is 18.9 Å². The lowest BCUT2D eigenvalue weighted by atomic mass is 10.4. The summed E-state index contributed by atoms with van der Waals surface area (Å²) in [5, 5.41) is 9.03. The number of nitrogens with zero attached hydrogens (tertiary/aromatic N) is 3. The monoisotopic (exact) mass is 299 g/mol. The van der Waals surface area contributed by atoms with Crippen molar-refractivity contribution in [2.75, 3.05) is 12.4 Å². The zero-order valence-electron chi connectivity index (χ0n) is 10.5. The third-order valence-corrected chi connectivity index (χ3v) is 3.86. The van der Waals surface area contributed by atoms with Crippen LogP contribution < -0.4 is 11.0 Å². The molecular weight excluding hydrogens is 288 g/mol. The van der Waals surface area contributed by atoms with Gasteiger partial charge >= 0.3 is 5.69 Å². The molecule has 9 heteroatoms. The number of hydrogen-bond acceptors (Lipinski definition) is 5. The average Bonchev–Trinajstić information content (AvgIpc) is 3.18. The number of pyridine rings is 1. The van der Waals surface area contributed by atoms with Crippen LogP contribution in [0.4, 0.5) is 14.6 Å². The van der Waals surface area contributed by atoms with Gasteiger partial charge in [0.05, 0.1) is 0 Å². The van der Waals surface area contributed by atoms with Crippen LogP contribution in [-0.4, -0.2) is 26.8 Å². The van der Waals surface area contributed by atoms with Crippen LogP contribution in [0.25, 0.3) is 0 Å². The predicted octanol–water partition coefficient (Wildman–Crippen LogP) is 1.77. The van der Waals surface area contributed by atoms with E-state index >= 15 is 0 Å². The van der Waals surface area contributed by atoms with E-state index in [1.54, 1.807) is 0 Å². The van der Waals surface area contributed by atoms with E-state index in [1.165, 1.54) is 11.6 Å². The molecule has 0 bridgehead atoms. The quantitative estimate of drug-likeness (QED) is 0.900. The molecule has 0 atom stereocenters. The van der Waals surface area contributed by atoms with Crippen LogP contribution in [0.3, 0.4) is 0 Å². The Labute approximate surface area is 116 Å². The van der Waals surface area contributed by atoms with Crippen molar-refractivity contribution in [2.45, 2.75) is 29.1 Å². The van der Waals surface area contributed by atoms with Gasteiger partial charge in [0.1, 0.15) is 5.03 Å². The second-order valence-corrected chi connectivity index (χ2v) is 5.33. The molecule has 20 heavy (non-hydrogen) atoms. The number of anilines is 1. The first-order chi connectivity index (χ1) is 9.60. The first-order valence-electron chi connectivity index (χ1n) is 5.98. The smallest absolute Gasteiger partial charge is 0.344 e. The van der Waals surface area contributed by atoms with Crippen LogP contribution in [-0.2, 0) is 0 Å². The summed E-state index contributed by atoms with van der Waals surface area (Å²) in [6.07, 6.45) is 1.79. The second-order valence-electron chi connectivity index (χ2n) is 4.37. The normalized spacial score (nSPS) is 14.6. The van der Waals surface area contributed by atoms with Crippen molar-refractivity contribution in [3.63, 3.8) is 0 Å². The van der Waals surface area contributed by atoms with Gasteiger partial charge in [0.15, 0.2) is 22.6 Å². The highest BCUT2D eigenvalue weighted by atomic mass is 32.2. The number of aromatic nitrogens is 4. The summed E-state index contributed by atoms with van der Waals surface area (Å²) < 4.78 is 28.6. The topological polar surface area (TPSA) is 75.6 Å². The Morgan fingerprint density at radius 1 is 1.45 bits per heavy atom. The first-order valence-corrected chi connectivity index (χ1v) is 6.80. The Hall–Kier alpha value is -1.90. The van der Waals surface area contributed by atoms with Crippen molar-refractivity contribution in [3.8, 4) is 0 Å². The van der Waals surface area contributed by atoms with E-state index in [2.05, 4.69) is 20.5 Å². The second kappa shape index (κ2) is 4.89. The Morgan fingerprint density at radius 3 is 2.85 bits per heavy atom. The van der Waals surface area contributed by atoms with Gasteiger partial charge < -0.3 is 5.32 Å². The maximum Gasteiger partial charge on any atom is 0.344 e. The molecule has 0 unspecified atom stereocenters. The van der Waals surface area contributed by atoms with Gasteiger partial charge in [-0.3, -0.25) is 4.57 Å². The van der Waals surface area contributed by atoms with E-state index in [4.69, 9.17) is 0 Å². The van der Waals surface area contributed by atoms with Gasteiger partial charge in [-0.25, -0.2) is 23.7 Å². The summed E-state index contributed by atoms with van der Waals surface area (Å²) in [7, 11) is 1.49. The number of H-pyrrole nitrogens is 1. The van der Waals surface area contributed by atoms with E-state index in [0.29, 0.717) is 5.16 Å². The highest BCUT2D eigenvalue weighted by Gasteiger charge is 2.29. The van der Waals surface area contributed by atoms with Crippen molar-refractivity contribution in [2.24, 2.45) is 0 Å². The van der Waals surface area contributed by atoms with Gasteiger partial charge in [0.25, 0.3) is 0 Å². The Balaban J connectivity index is 1.97. The fourth-order valence-corrected chi connectivity index (χ4v) is 2.69.